The summed E-state index contributed by atoms with van der Waals surface area (Å²) in [7, 11) is -0.972. The molecule has 1 heterocycles. The molecule has 1 rings (SSSR count). The van der Waals surface area contributed by atoms with Crippen molar-refractivity contribution in [3.05, 3.63) is 12.5 Å². The Kier molecular flexibility index (Phi) is 3.10. The number of carboxylic acid groups (broad SMARTS) is 1. The molecule has 0 atom stereocenters. The van der Waals surface area contributed by atoms with Crippen molar-refractivity contribution in [1.29, 1.82) is 0 Å². The van der Waals surface area contributed by atoms with Gasteiger partial charge in [-0.15, -0.1) is 0 Å². The number of hydrogen-bond acceptors (Lipinski definition) is 4. The van der Waals surface area contributed by atoms with Gasteiger partial charge in [-0.1, -0.05) is 0 Å². The molecule has 0 aliphatic carbocycles. The number of nitrogens with zero attached hydrogens (tertiary/aromatic N) is 3. The first kappa shape index (κ1) is 11.7. The summed E-state index contributed by atoms with van der Waals surface area (Å²) in [5, 5.41) is 8.31. The molecule has 0 aliphatic rings. The summed E-state index contributed by atoms with van der Waals surface area (Å²) in [5.41, 5.74) is 0. The van der Waals surface area contributed by atoms with Crippen molar-refractivity contribution in [2.24, 2.45) is 7.05 Å². The molecule has 15 heavy (non-hydrogen) atoms. The minimum absolute atomic E-state index is 0.159. The maximum Gasteiger partial charge on any atom is 0.318 e. The molecule has 0 bridgehead atoms. The summed E-state index contributed by atoms with van der Waals surface area (Å²) in [4.78, 5) is 14.0. The fraction of sp³-hybridized carbons (Fsp3) is 0.429. The Bertz CT molecular complexity index is 464. The third-order valence-electron chi connectivity index (χ3n) is 1.71. The number of carbonyl (C=O) groups is 1. The van der Waals surface area contributed by atoms with E-state index in [1.165, 1.54) is 24.1 Å². The molecular weight excluding hydrogens is 222 g/mol. The fourth-order valence-corrected chi connectivity index (χ4v) is 2.04. The Labute approximate surface area is 87.0 Å². The van der Waals surface area contributed by atoms with Crippen LogP contribution in [0.4, 0.5) is 0 Å². The Morgan fingerprint density at radius 3 is 2.67 bits per heavy atom. The lowest BCUT2D eigenvalue weighted by Crippen LogP contribution is -2.32. The minimum Gasteiger partial charge on any atom is -0.480 e. The van der Waals surface area contributed by atoms with Crippen LogP contribution in [0.15, 0.2) is 17.6 Å². The number of rotatable bonds is 4. The molecule has 0 unspecified atom stereocenters. The number of aliphatic carboxylic acids is 1. The van der Waals surface area contributed by atoms with E-state index >= 15 is 0 Å². The molecule has 0 aliphatic heterocycles. The highest BCUT2D eigenvalue weighted by Crippen LogP contribution is 2.10. The largest absolute Gasteiger partial charge is 0.480 e. The lowest BCUT2D eigenvalue weighted by Gasteiger charge is -2.12. The molecule has 0 radical (unpaired) electrons. The quantitative estimate of drug-likeness (QED) is 0.729. The van der Waals surface area contributed by atoms with Crippen LogP contribution in [0.2, 0.25) is 0 Å². The van der Waals surface area contributed by atoms with Gasteiger partial charge in [-0.3, -0.25) is 4.79 Å². The van der Waals surface area contributed by atoms with Gasteiger partial charge in [0.15, 0.2) is 5.03 Å². The molecule has 0 saturated heterocycles. The maximum atomic E-state index is 11.7. The van der Waals surface area contributed by atoms with E-state index < -0.39 is 22.5 Å². The highest BCUT2D eigenvalue weighted by molar-refractivity contribution is 7.89. The van der Waals surface area contributed by atoms with E-state index in [0.29, 0.717) is 0 Å². The Balaban J connectivity index is 2.98. The molecule has 0 fully saturated rings. The normalized spacial score (nSPS) is 11.9. The topological polar surface area (TPSA) is 92.5 Å². The van der Waals surface area contributed by atoms with Crippen molar-refractivity contribution in [3.8, 4) is 0 Å². The van der Waals surface area contributed by atoms with Gasteiger partial charge < -0.3 is 9.67 Å². The van der Waals surface area contributed by atoms with Gasteiger partial charge >= 0.3 is 5.97 Å². The summed E-state index contributed by atoms with van der Waals surface area (Å²) < 4.78 is 25.5. The van der Waals surface area contributed by atoms with Crippen LogP contribution in [-0.4, -0.2) is 46.9 Å². The first-order valence-electron chi connectivity index (χ1n) is 4.00. The summed E-state index contributed by atoms with van der Waals surface area (Å²) in [6.45, 7) is -0.584. The van der Waals surface area contributed by atoms with Gasteiger partial charge in [-0.2, -0.15) is 4.31 Å². The van der Waals surface area contributed by atoms with E-state index in [1.54, 1.807) is 7.05 Å². The SMILES string of the molecule is CN(CC(=O)O)S(=O)(=O)c1cn(C)cn1. The van der Waals surface area contributed by atoms with Crippen LogP contribution >= 0.6 is 0 Å². The van der Waals surface area contributed by atoms with Crippen molar-refractivity contribution in [2.45, 2.75) is 5.03 Å². The van der Waals surface area contributed by atoms with Crippen LogP contribution in [-0.2, 0) is 21.9 Å². The lowest BCUT2D eigenvalue weighted by molar-refractivity contribution is -0.137. The number of carboxylic acids is 1. The summed E-state index contributed by atoms with van der Waals surface area (Å²) in [5.74, 6) is -1.21. The van der Waals surface area contributed by atoms with Crippen LogP contribution in [0.5, 0.6) is 0 Å². The fourth-order valence-electron chi connectivity index (χ4n) is 0.957. The Hall–Kier alpha value is -1.41. The van der Waals surface area contributed by atoms with E-state index in [9.17, 15) is 13.2 Å². The second-order valence-electron chi connectivity index (χ2n) is 3.03. The molecule has 1 aromatic rings. The van der Waals surface area contributed by atoms with Gasteiger partial charge in [0.2, 0.25) is 0 Å². The first-order chi connectivity index (χ1) is 6.84. The van der Waals surface area contributed by atoms with Crippen LogP contribution in [0.3, 0.4) is 0 Å². The van der Waals surface area contributed by atoms with E-state index in [2.05, 4.69) is 4.98 Å². The molecule has 7 nitrogen and oxygen atoms in total. The number of sulfonamides is 1. The maximum absolute atomic E-state index is 11.7. The molecule has 84 valence electrons. The molecule has 0 aromatic carbocycles. The van der Waals surface area contributed by atoms with E-state index in [-0.39, 0.29) is 5.03 Å². The Morgan fingerprint density at radius 2 is 2.27 bits per heavy atom. The van der Waals surface area contributed by atoms with Crippen LogP contribution < -0.4 is 0 Å². The highest BCUT2D eigenvalue weighted by Gasteiger charge is 2.24. The average molecular weight is 233 g/mol. The second-order valence-corrected chi connectivity index (χ2v) is 5.02. The van der Waals surface area contributed by atoms with Crippen LogP contribution in [0, 0.1) is 0 Å². The zero-order valence-corrected chi connectivity index (χ0v) is 9.10. The van der Waals surface area contributed by atoms with E-state index in [4.69, 9.17) is 5.11 Å². The summed E-state index contributed by atoms with van der Waals surface area (Å²) in [6, 6.07) is 0. The molecule has 1 aromatic heterocycles. The standard InChI is InChI=1S/C7H11N3O4S/c1-9-3-6(8-5-9)15(13,14)10(2)4-7(11)12/h3,5H,4H2,1-2H3,(H,11,12). The van der Waals surface area contributed by atoms with Crippen LogP contribution in [0.25, 0.3) is 0 Å². The molecule has 0 amide bonds. The van der Waals surface area contributed by atoms with Crippen molar-refractivity contribution in [1.82, 2.24) is 13.9 Å². The third kappa shape index (κ3) is 2.54. The molecule has 0 spiro atoms. The van der Waals surface area contributed by atoms with Crippen molar-refractivity contribution in [2.75, 3.05) is 13.6 Å². The number of likely N-dealkylation sites (N-methyl/N-ethyl adjacent to an activating group) is 1. The number of aryl methyl sites for hydroxylation is 1. The second kappa shape index (κ2) is 3.99. The summed E-state index contributed by atoms with van der Waals surface area (Å²) >= 11 is 0. The molecule has 1 N–H and O–H groups in total. The molecular formula is C7H11N3O4S. The monoisotopic (exact) mass is 233 g/mol. The van der Waals surface area contributed by atoms with E-state index in [0.717, 1.165) is 4.31 Å². The number of hydrogen-bond donors (Lipinski definition) is 1. The van der Waals surface area contributed by atoms with Gasteiger partial charge in [0.25, 0.3) is 10.0 Å². The van der Waals surface area contributed by atoms with Gasteiger partial charge in [-0.25, -0.2) is 13.4 Å². The number of aromatic nitrogens is 2. The minimum atomic E-state index is -3.79. The predicted octanol–water partition coefficient (Wildman–Crippen LogP) is -0.875. The lowest BCUT2D eigenvalue weighted by atomic mass is 10.7. The first-order valence-corrected chi connectivity index (χ1v) is 5.44. The van der Waals surface area contributed by atoms with Gasteiger partial charge in [0, 0.05) is 20.3 Å². The molecule has 0 saturated carbocycles. The Morgan fingerprint density at radius 1 is 1.67 bits per heavy atom. The highest BCUT2D eigenvalue weighted by atomic mass is 32.2. The summed E-state index contributed by atoms with van der Waals surface area (Å²) in [6.07, 6.45) is 2.65. The van der Waals surface area contributed by atoms with Crippen LogP contribution in [0.1, 0.15) is 0 Å². The van der Waals surface area contributed by atoms with Crippen molar-refractivity contribution in [3.63, 3.8) is 0 Å². The zero-order chi connectivity index (χ0) is 11.6. The van der Waals surface area contributed by atoms with Crippen molar-refractivity contribution >= 4 is 16.0 Å². The van der Waals surface area contributed by atoms with Gasteiger partial charge in [0.1, 0.15) is 6.54 Å². The van der Waals surface area contributed by atoms with Crippen molar-refractivity contribution < 1.29 is 18.3 Å². The zero-order valence-electron chi connectivity index (χ0n) is 8.28. The average Bonchev–Trinajstić information content (AvgIpc) is 2.50. The smallest absolute Gasteiger partial charge is 0.318 e. The van der Waals surface area contributed by atoms with E-state index in [1.807, 2.05) is 0 Å². The molecule has 8 heteroatoms. The third-order valence-corrected chi connectivity index (χ3v) is 3.40. The number of imidazole rings is 1. The van der Waals surface area contributed by atoms with Gasteiger partial charge in [0.05, 0.1) is 6.33 Å². The predicted molar refractivity (Wildman–Crippen MR) is 50.7 cm³/mol. The van der Waals surface area contributed by atoms with Gasteiger partial charge in [-0.05, 0) is 0 Å².